The summed E-state index contributed by atoms with van der Waals surface area (Å²) in [6.07, 6.45) is 3.04. The molecule has 0 aromatic heterocycles. The van der Waals surface area contributed by atoms with Crippen LogP contribution in [-0.2, 0) is 11.2 Å². The first-order valence-electron chi connectivity index (χ1n) is 6.80. The van der Waals surface area contributed by atoms with Crippen molar-refractivity contribution in [1.29, 1.82) is 0 Å². The van der Waals surface area contributed by atoms with E-state index in [2.05, 4.69) is 35.8 Å². The van der Waals surface area contributed by atoms with Crippen molar-refractivity contribution in [3.05, 3.63) is 35.4 Å². The van der Waals surface area contributed by atoms with E-state index in [0.717, 1.165) is 38.9 Å². The standard InChI is InChI=1S/C15H22N2O.ClH/c1-12-5-2-3-6-13(12)8-10-17-15(18)14-7-4-9-16-11-14;/h2-3,5-6,14,16H,4,7-11H2,1H3,(H,17,18);1H. The Balaban J connectivity index is 0.00000180. The number of halogens is 1. The Bertz CT molecular complexity index is 403. The Morgan fingerprint density at radius 1 is 1.42 bits per heavy atom. The molecular weight excluding hydrogens is 260 g/mol. The molecule has 1 aliphatic heterocycles. The third-order valence-corrected chi connectivity index (χ3v) is 3.62. The molecule has 0 radical (unpaired) electrons. The fourth-order valence-corrected chi connectivity index (χ4v) is 2.43. The molecule has 19 heavy (non-hydrogen) atoms. The third kappa shape index (κ3) is 4.84. The summed E-state index contributed by atoms with van der Waals surface area (Å²) in [5.74, 6) is 0.367. The van der Waals surface area contributed by atoms with Crippen LogP contribution in [0.3, 0.4) is 0 Å². The number of rotatable bonds is 4. The zero-order valence-electron chi connectivity index (χ0n) is 11.4. The molecule has 2 rings (SSSR count). The van der Waals surface area contributed by atoms with Gasteiger partial charge in [-0.25, -0.2) is 0 Å². The molecule has 1 aromatic carbocycles. The quantitative estimate of drug-likeness (QED) is 0.888. The second-order valence-electron chi connectivity index (χ2n) is 5.01. The zero-order chi connectivity index (χ0) is 12.8. The average Bonchev–Trinajstić information content (AvgIpc) is 2.42. The smallest absolute Gasteiger partial charge is 0.224 e. The van der Waals surface area contributed by atoms with Crippen molar-refractivity contribution in [2.24, 2.45) is 5.92 Å². The van der Waals surface area contributed by atoms with E-state index in [0.29, 0.717) is 0 Å². The second-order valence-corrected chi connectivity index (χ2v) is 5.01. The predicted molar refractivity (Wildman–Crippen MR) is 80.7 cm³/mol. The molecule has 2 N–H and O–H groups in total. The van der Waals surface area contributed by atoms with Gasteiger partial charge in [-0.15, -0.1) is 12.4 Å². The average molecular weight is 283 g/mol. The lowest BCUT2D eigenvalue weighted by molar-refractivity contribution is -0.125. The van der Waals surface area contributed by atoms with Gasteiger partial charge in [0, 0.05) is 13.1 Å². The first-order chi connectivity index (χ1) is 8.77. The number of hydrogen-bond acceptors (Lipinski definition) is 2. The molecule has 3 nitrogen and oxygen atoms in total. The molecule has 1 aliphatic rings. The summed E-state index contributed by atoms with van der Waals surface area (Å²) in [4.78, 5) is 11.9. The minimum Gasteiger partial charge on any atom is -0.355 e. The first-order valence-corrected chi connectivity index (χ1v) is 6.80. The molecule has 1 aromatic rings. The van der Waals surface area contributed by atoms with E-state index in [1.54, 1.807) is 0 Å². The monoisotopic (exact) mass is 282 g/mol. The Hall–Kier alpha value is -1.06. The zero-order valence-corrected chi connectivity index (χ0v) is 12.3. The van der Waals surface area contributed by atoms with Gasteiger partial charge in [0.05, 0.1) is 5.92 Å². The van der Waals surface area contributed by atoms with E-state index in [4.69, 9.17) is 0 Å². The molecule has 1 amide bonds. The normalized spacial score (nSPS) is 18.5. The van der Waals surface area contributed by atoms with Crippen LogP contribution in [-0.4, -0.2) is 25.5 Å². The number of hydrogen-bond donors (Lipinski definition) is 2. The van der Waals surface area contributed by atoms with Gasteiger partial charge in [-0.05, 0) is 43.9 Å². The Morgan fingerprint density at radius 3 is 2.89 bits per heavy atom. The van der Waals surface area contributed by atoms with Gasteiger partial charge in [-0.3, -0.25) is 4.79 Å². The number of amides is 1. The summed E-state index contributed by atoms with van der Waals surface area (Å²) >= 11 is 0. The maximum absolute atomic E-state index is 11.9. The van der Waals surface area contributed by atoms with E-state index >= 15 is 0 Å². The van der Waals surface area contributed by atoms with Crippen LogP contribution in [0.15, 0.2) is 24.3 Å². The van der Waals surface area contributed by atoms with E-state index in [1.807, 2.05) is 6.07 Å². The molecular formula is C15H23ClN2O. The molecule has 1 atom stereocenters. The maximum Gasteiger partial charge on any atom is 0.224 e. The second kappa shape index (κ2) is 8.18. The number of nitrogens with one attached hydrogen (secondary N) is 2. The van der Waals surface area contributed by atoms with E-state index in [9.17, 15) is 4.79 Å². The van der Waals surface area contributed by atoms with Gasteiger partial charge >= 0.3 is 0 Å². The summed E-state index contributed by atoms with van der Waals surface area (Å²) in [5.41, 5.74) is 2.62. The number of carbonyl (C=O) groups is 1. The number of aryl methyl sites for hydroxylation is 1. The van der Waals surface area contributed by atoms with Gasteiger partial charge in [0.2, 0.25) is 5.91 Å². The Morgan fingerprint density at radius 2 is 2.21 bits per heavy atom. The van der Waals surface area contributed by atoms with E-state index < -0.39 is 0 Å². The van der Waals surface area contributed by atoms with Crippen LogP contribution in [0.2, 0.25) is 0 Å². The van der Waals surface area contributed by atoms with Crippen LogP contribution < -0.4 is 10.6 Å². The van der Waals surface area contributed by atoms with E-state index in [-0.39, 0.29) is 24.2 Å². The van der Waals surface area contributed by atoms with Crippen molar-refractivity contribution < 1.29 is 4.79 Å². The van der Waals surface area contributed by atoms with Crippen molar-refractivity contribution >= 4 is 18.3 Å². The molecule has 0 saturated carbocycles. The number of carbonyl (C=O) groups excluding carboxylic acids is 1. The lowest BCUT2D eigenvalue weighted by Gasteiger charge is -2.21. The summed E-state index contributed by atoms with van der Waals surface area (Å²) in [6.45, 7) is 4.73. The maximum atomic E-state index is 11.9. The van der Waals surface area contributed by atoms with Crippen LogP contribution in [0.4, 0.5) is 0 Å². The van der Waals surface area contributed by atoms with Gasteiger partial charge < -0.3 is 10.6 Å². The minimum absolute atomic E-state index is 0. The summed E-state index contributed by atoms with van der Waals surface area (Å²) in [7, 11) is 0. The van der Waals surface area contributed by atoms with Crippen LogP contribution in [0.5, 0.6) is 0 Å². The Labute approximate surface area is 121 Å². The molecule has 4 heteroatoms. The van der Waals surface area contributed by atoms with Crippen LogP contribution in [0.1, 0.15) is 24.0 Å². The SMILES string of the molecule is Cc1ccccc1CCNC(=O)C1CCCNC1.Cl. The summed E-state index contributed by atoms with van der Waals surface area (Å²) in [6, 6.07) is 8.34. The topological polar surface area (TPSA) is 41.1 Å². The number of piperidine rings is 1. The summed E-state index contributed by atoms with van der Waals surface area (Å²) in [5, 5.41) is 6.32. The minimum atomic E-state index is 0. The van der Waals surface area contributed by atoms with Crippen LogP contribution in [0, 0.1) is 12.8 Å². The van der Waals surface area contributed by atoms with Gasteiger partial charge in [-0.1, -0.05) is 24.3 Å². The molecule has 1 fully saturated rings. The largest absolute Gasteiger partial charge is 0.355 e. The molecule has 0 aliphatic carbocycles. The van der Waals surface area contributed by atoms with Gasteiger partial charge in [0.15, 0.2) is 0 Å². The fraction of sp³-hybridized carbons (Fsp3) is 0.533. The number of benzene rings is 1. The highest BCUT2D eigenvalue weighted by molar-refractivity contribution is 5.85. The van der Waals surface area contributed by atoms with Crippen molar-refractivity contribution in [2.75, 3.05) is 19.6 Å². The highest BCUT2D eigenvalue weighted by Crippen LogP contribution is 2.10. The van der Waals surface area contributed by atoms with Gasteiger partial charge in [0.1, 0.15) is 0 Å². The van der Waals surface area contributed by atoms with Crippen molar-refractivity contribution in [2.45, 2.75) is 26.2 Å². The van der Waals surface area contributed by atoms with Gasteiger partial charge in [0.25, 0.3) is 0 Å². The predicted octanol–water partition coefficient (Wildman–Crippen LogP) is 2.08. The molecule has 0 bridgehead atoms. The Kier molecular flexibility index (Phi) is 6.89. The molecule has 1 heterocycles. The van der Waals surface area contributed by atoms with Crippen LogP contribution in [0.25, 0.3) is 0 Å². The highest BCUT2D eigenvalue weighted by atomic mass is 35.5. The van der Waals surface area contributed by atoms with E-state index in [1.165, 1.54) is 11.1 Å². The molecule has 0 spiro atoms. The lowest BCUT2D eigenvalue weighted by atomic mass is 9.98. The highest BCUT2D eigenvalue weighted by Gasteiger charge is 2.20. The van der Waals surface area contributed by atoms with Crippen molar-refractivity contribution in [1.82, 2.24) is 10.6 Å². The molecule has 1 saturated heterocycles. The molecule has 1 unspecified atom stereocenters. The first kappa shape index (κ1) is 16.0. The fourth-order valence-electron chi connectivity index (χ4n) is 2.43. The molecule has 106 valence electrons. The van der Waals surface area contributed by atoms with Crippen LogP contribution >= 0.6 is 12.4 Å². The lowest BCUT2D eigenvalue weighted by Crippen LogP contribution is -2.41. The third-order valence-electron chi connectivity index (χ3n) is 3.62. The van der Waals surface area contributed by atoms with Crippen molar-refractivity contribution in [3.8, 4) is 0 Å². The van der Waals surface area contributed by atoms with Gasteiger partial charge in [-0.2, -0.15) is 0 Å². The summed E-state index contributed by atoms with van der Waals surface area (Å²) < 4.78 is 0. The van der Waals surface area contributed by atoms with Crippen molar-refractivity contribution in [3.63, 3.8) is 0 Å².